The molecule has 0 aromatic heterocycles. The van der Waals surface area contributed by atoms with Crippen LogP contribution in [0.25, 0.3) is 0 Å². The van der Waals surface area contributed by atoms with Gasteiger partial charge in [-0.1, -0.05) is 44.2 Å². The van der Waals surface area contributed by atoms with Crippen LogP contribution >= 0.6 is 0 Å². The van der Waals surface area contributed by atoms with Gasteiger partial charge in [0.15, 0.2) is 0 Å². The number of hydrogen-bond donors (Lipinski definition) is 1. The van der Waals surface area contributed by atoms with Crippen molar-refractivity contribution in [3.8, 4) is 0 Å². The van der Waals surface area contributed by atoms with Gasteiger partial charge in [-0.15, -0.1) is 0 Å². The summed E-state index contributed by atoms with van der Waals surface area (Å²) >= 11 is 0. The summed E-state index contributed by atoms with van der Waals surface area (Å²) in [7, 11) is -3.67. The van der Waals surface area contributed by atoms with Gasteiger partial charge >= 0.3 is 0 Å². The molecule has 3 rings (SSSR count). The lowest BCUT2D eigenvalue weighted by atomic mass is 9.93. The van der Waals surface area contributed by atoms with E-state index in [2.05, 4.69) is 19.2 Å². The Kier molecular flexibility index (Phi) is 6.70. The first-order valence-corrected chi connectivity index (χ1v) is 11.3. The van der Waals surface area contributed by atoms with Crippen LogP contribution in [-0.2, 0) is 14.8 Å². The number of hydrogen-bond acceptors (Lipinski definition) is 3. The van der Waals surface area contributed by atoms with Crippen molar-refractivity contribution in [2.75, 3.05) is 13.1 Å². The normalized spacial score (nSPS) is 17.2. The van der Waals surface area contributed by atoms with Crippen LogP contribution in [0.1, 0.15) is 38.3 Å². The lowest BCUT2D eigenvalue weighted by Crippen LogP contribution is -2.44. The van der Waals surface area contributed by atoms with Crippen LogP contribution in [0.3, 0.4) is 0 Å². The summed E-state index contributed by atoms with van der Waals surface area (Å²) in [6, 6.07) is 14.6. The molecule has 0 unspecified atom stereocenters. The Balaban J connectivity index is 1.62. The number of nitrogens with zero attached hydrogens (tertiary/aromatic N) is 1. The molecule has 1 heterocycles. The predicted molar refractivity (Wildman–Crippen MR) is 110 cm³/mol. The van der Waals surface area contributed by atoms with Gasteiger partial charge in [-0.05, 0) is 48.6 Å². The summed E-state index contributed by atoms with van der Waals surface area (Å²) in [4.78, 5) is 12.9. The maximum Gasteiger partial charge on any atom is 0.243 e. The van der Waals surface area contributed by atoms with Crippen molar-refractivity contribution >= 4 is 15.9 Å². The summed E-state index contributed by atoms with van der Waals surface area (Å²) in [6.45, 7) is 4.68. The van der Waals surface area contributed by atoms with Crippen molar-refractivity contribution in [2.24, 2.45) is 11.8 Å². The molecular formula is C22H27FN2O3S. The first-order chi connectivity index (χ1) is 13.8. The number of carbonyl (C=O) groups excluding carboxylic acids is 1. The van der Waals surface area contributed by atoms with E-state index in [9.17, 15) is 17.6 Å². The van der Waals surface area contributed by atoms with Crippen molar-refractivity contribution < 1.29 is 17.6 Å². The summed E-state index contributed by atoms with van der Waals surface area (Å²) in [5.41, 5.74) is 1.06. The highest BCUT2D eigenvalue weighted by atomic mass is 32.2. The van der Waals surface area contributed by atoms with Crippen LogP contribution in [0.15, 0.2) is 59.5 Å². The molecule has 1 saturated heterocycles. The van der Waals surface area contributed by atoms with Crippen molar-refractivity contribution in [1.82, 2.24) is 9.62 Å². The number of carbonyl (C=O) groups is 1. The van der Waals surface area contributed by atoms with Crippen molar-refractivity contribution in [1.29, 1.82) is 0 Å². The second-order valence-corrected chi connectivity index (χ2v) is 9.71. The highest BCUT2D eigenvalue weighted by Gasteiger charge is 2.33. The van der Waals surface area contributed by atoms with E-state index in [1.54, 1.807) is 0 Å². The number of benzene rings is 2. The number of amides is 1. The lowest BCUT2D eigenvalue weighted by Gasteiger charge is -2.32. The average molecular weight is 419 g/mol. The third-order valence-electron chi connectivity index (χ3n) is 5.40. The molecular weight excluding hydrogens is 391 g/mol. The van der Waals surface area contributed by atoms with Gasteiger partial charge in [0.1, 0.15) is 5.82 Å². The summed E-state index contributed by atoms with van der Waals surface area (Å²) in [6.07, 6.45) is 0.928. The smallest absolute Gasteiger partial charge is 0.243 e. The number of halogens is 1. The van der Waals surface area contributed by atoms with Crippen molar-refractivity contribution in [3.05, 3.63) is 66.0 Å². The fourth-order valence-electron chi connectivity index (χ4n) is 3.68. The van der Waals surface area contributed by atoms with Gasteiger partial charge in [-0.2, -0.15) is 4.31 Å². The maximum atomic E-state index is 13.1. The van der Waals surface area contributed by atoms with E-state index in [0.29, 0.717) is 12.8 Å². The first-order valence-electron chi connectivity index (χ1n) is 9.90. The number of nitrogens with one attached hydrogen (secondary N) is 1. The molecule has 5 nitrogen and oxygen atoms in total. The molecule has 29 heavy (non-hydrogen) atoms. The zero-order valence-electron chi connectivity index (χ0n) is 16.7. The van der Waals surface area contributed by atoms with Gasteiger partial charge < -0.3 is 5.32 Å². The molecule has 156 valence electrons. The van der Waals surface area contributed by atoms with Crippen LogP contribution in [0.4, 0.5) is 4.39 Å². The fraction of sp³-hybridized carbons (Fsp3) is 0.409. The topological polar surface area (TPSA) is 66.5 Å². The second-order valence-electron chi connectivity index (χ2n) is 7.77. The van der Waals surface area contributed by atoms with Gasteiger partial charge in [0, 0.05) is 19.0 Å². The quantitative estimate of drug-likeness (QED) is 0.777. The molecule has 2 aromatic rings. The first kappa shape index (κ1) is 21.5. The van der Waals surface area contributed by atoms with E-state index >= 15 is 0 Å². The van der Waals surface area contributed by atoms with E-state index in [1.165, 1.54) is 16.4 Å². The van der Waals surface area contributed by atoms with Crippen LogP contribution in [0.2, 0.25) is 0 Å². The molecule has 1 fully saturated rings. The number of sulfonamides is 1. The minimum absolute atomic E-state index is 0.0358. The van der Waals surface area contributed by atoms with Crippen LogP contribution in [0.5, 0.6) is 0 Å². The van der Waals surface area contributed by atoms with E-state index in [4.69, 9.17) is 0 Å². The average Bonchev–Trinajstić information content (AvgIpc) is 2.72. The summed E-state index contributed by atoms with van der Waals surface area (Å²) in [5.74, 6) is -0.497. The molecule has 1 N–H and O–H groups in total. The summed E-state index contributed by atoms with van der Waals surface area (Å²) in [5, 5.41) is 3.15. The van der Waals surface area contributed by atoms with Gasteiger partial charge in [0.2, 0.25) is 15.9 Å². The number of piperidine rings is 1. The van der Waals surface area contributed by atoms with Crippen molar-refractivity contribution in [3.63, 3.8) is 0 Å². The van der Waals surface area contributed by atoms with Gasteiger partial charge in [0.05, 0.1) is 10.9 Å². The van der Waals surface area contributed by atoms with Crippen LogP contribution in [-0.4, -0.2) is 31.7 Å². The Morgan fingerprint density at radius 1 is 1.03 bits per heavy atom. The van der Waals surface area contributed by atoms with Crippen molar-refractivity contribution in [2.45, 2.75) is 37.6 Å². The van der Waals surface area contributed by atoms with Crippen LogP contribution in [0, 0.1) is 17.7 Å². The SMILES string of the molecule is CC(C)[C@H](NC(=O)C1CCN(S(=O)(=O)c2ccc(F)cc2)CC1)c1ccccc1. The van der Waals surface area contributed by atoms with Gasteiger partial charge in [0.25, 0.3) is 0 Å². The fourth-order valence-corrected chi connectivity index (χ4v) is 5.15. The molecule has 7 heteroatoms. The minimum Gasteiger partial charge on any atom is -0.349 e. The highest BCUT2D eigenvalue weighted by Crippen LogP contribution is 2.26. The molecule has 0 saturated carbocycles. The molecule has 1 aliphatic heterocycles. The summed E-state index contributed by atoms with van der Waals surface area (Å²) < 4.78 is 39.9. The molecule has 1 atom stereocenters. The molecule has 1 amide bonds. The monoisotopic (exact) mass is 418 g/mol. The second kappa shape index (κ2) is 9.05. The third kappa shape index (κ3) is 5.03. The Morgan fingerprint density at radius 3 is 2.17 bits per heavy atom. The third-order valence-corrected chi connectivity index (χ3v) is 7.31. The molecule has 0 aliphatic carbocycles. The lowest BCUT2D eigenvalue weighted by molar-refractivity contribution is -0.127. The standard InChI is InChI=1S/C22H27FN2O3S/c1-16(2)21(17-6-4-3-5-7-17)24-22(26)18-12-14-25(15-13-18)29(27,28)20-10-8-19(23)9-11-20/h3-11,16,18,21H,12-15H2,1-2H3,(H,24,26)/t21-/m0/s1. The Labute approximate surface area is 172 Å². The molecule has 0 radical (unpaired) electrons. The van der Waals surface area contributed by atoms with Crippen LogP contribution < -0.4 is 5.32 Å². The predicted octanol–water partition coefficient (Wildman–Crippen LogP) is 3.74. The Bertz CT molecular complexity index is 922. The van der Waals surface area contributed by atoms with E-state index in [1.807, 2.05) is 30.3 Å². The molecule has 1 aliphatic rings. The van der Waals surface area contributed by atoms with E-state index in [0.717, 1.165) is 17.7 Å². The van der Waals surface area contributed by atoms with E-state index < -0.39 is 15.8 Å². The minimum atomic E-state index is -3.67. The maximum absolute atomic E-state index is 13.1. The largest absolute Gasteiger partial charge is 0.349 e. The zero-order chi connectivity index (χ0) is 21.0. The van der Waals surface area contributed by atoms with Gasteiger partial charge in [-0.25, -0.2) is 12.8 Å². The molecule has 2 aromatic carbocycles. The van der Waals surface area contributed by atoms with Gasteiger partial charge in [-0.3, -0.25) is 4.79 Å². The number of rotatable bonds is 6. The van der Waals surface area contributed by atoms with E-state index in [-0.39, 0.29) is 41.8 Å². The Morgan fingerprint density at radius 2 is 1.62 bits per heavy atom. The Hall–Kier alpha value is -2.25. The molecule has 0 bridgehead atoms. The zero-order valence-corrected chi connectivity index (χ0v) is 17.5. The highest BCUT2D eigenvalue weighted by molar-refractivity contribution is 7.89. The molecule has 0 spiro atoms.